The van der Waals surface area contributed by atoms with Crippen molar-refractivity contribution in [1.82, 2.24) is 5.32 Å². The van der Waals surface area contributed by atoms with Crippen LogP contribution in [0, 0.1) is 19.7 Å². The molecule has 0 heterocycles. The Labute approximate surface area is 124 Å². The Morgan fingerprint density at radius 2 is 1.90 bits per heavy atom. The Morgan fingerprint density at radius 3 is 2.62 bits per heavy atom. The topological polar surface area (TPSA) is 41.1 Å². The second kappa shape index (κ2) is 6.99. The summed E-state index contributed by atoms with van der Waals surface area (Å²) in [5.41, 5.74) is 3.54. The third kappa shape index (κ3) is 4.39. The highest BCUT2D eigenvalue weighted by atomic mass is 19.1. The predicted octanol–water partition coefficient (Wildman–Crippen LogP) is 3.17. The zero-order chi connectivity index (χ0) is 15.2. The van der Waals surface area contributed by atoms with Gasteiger partial charge in [-0.1, -0.05) is 35.9 Å². The minimum Gasteiger partial charge on any atom is -0.325 e. The van der Waals surface area contributed by atoms with Gasteiger partial charge in [-0.2, -0.15) is 0 Å². The lowest BCUT2D eigenvalue weighted by molar-refractivity contribution is -0.115. The Bertz CT molecular complexity index is 640. The Kier molecular flexibility index (Phi) is 5.06. The number of hydrogen-bond donors (Lipinski definition) is 2. The second-order valence-corrected chi connectivity index (χ2v) is 5.06. The van der Waals surface area contributed by atoms with Crippen molar-refractivity contribution in [2.24, 2.45) is 0 Å². The first-order valence-corrected chi connectivity index (χ1v) is 6.87. The summed E-state index contributed by atoms with van der Waals surface area (Å²) in [5.74, 6) is -0.405. The molecule has 0 unspecified atom stereocenters. The fraction of sp³-hybridized carbons (Fsp3) is 0.235. The molecule has 0 atom stereocenters. The minimum absolute atomic E-state index is 0.140. The molecule has 0 saturated carbocycles. The second-order valence-electron chi connectivity index (χ2n) is 5.06. The van der Waals surface area contributed by atoms with Crippen molar-refractivity contribution in [3.63, 3.8) is 0 Å². The number of halogens is 1. The van der Waals surface area contributed by atoms with Crippen LogP contribution in [-0.2, 0) is 11.3 Å². The molecule has 3 nitrogen and oxygen atoms in total. The van der Waals surface area contributed by atoms with Gasteiger partial charge in [-0.3, -0.25) is 4.79 Å². The van der Waals surface area contributed by atoms with E-state index in [4.69, 9.17) is 0 Å². The van der Waals surface area contributed by atoms with E-state index < -0.39 is 0 Å². The van der Waals surface area contributed by atoms with Gasteiger partial charge in [0.15, 0.2) is 0 Å². The van der Waals surface area contributed by atoms with E-state index in [2.05, 4.69) is 10.6 Å². The highest BCUT2D eigenvalue weighted by Crippen LogP contribution is 2.15. The number of nitrogens with one attached hydrogen (secondary N) is 2. The lowest BCUT2D eigenvalue weighted by atomic mass is 10.1. The summed E-state index contributed by atoms with van der Waals surface area (Å²) in [6.45, 7) is 4.43. The maximum absolute atomic E-state index is 13.4. The van der Waals surface area contributed by atoms with E-state index in [-0.39, 0.29) is 18.3 Å². The van der Waals surface area contributed by atoms with E-state index in [9.17, 15) is 9.18 Å². The molecule has 0 bridgehead atoms. The molecule has 110 valence electrons. The summed E-state index contributed by atoms with van der Waals surface area (Å²) in [6.07, 6.45) is 0. The third-order valence-corrected chi connectivity index (χ3v) is 3.21. The molecule has 1 amide bonds. The van der Waals surface area contributed by atoms with Gasteiger partial charge < -0.3 is 10.6 Å². The molecule has 2 aromatic carbocycles. The largest absolute Gasteiger partial charge is 0.325 e. The minimum atomic E-state index is -0.264. The molecule has 2 aromatic rings. The number of rotatable bonds is 5. The van der Waals surface area contributed by atoms with Gasteiger partial charge in [-0.05, 0) is 31.5 Å². The molecule has 0 aromatic heterocycles. The molecule has 0 aliphatic carbocycles. The van der Waals surface area contributed by atoms with Gasteiger partial charge in [0.2, 0.25) is 5.91 Å². The summed E-state index contributed by atoms with van der Waals surface area (Å²) in [5, 5.41) is 5.78. The van der Waals surface area contributed by atoms with Crippen molar-refractivity contribution in [3.05, 3.63) is 65.0 Å². The molecule has 0 aliphatic rings. The molecular formula is C17H19FN2O. The summed E-state index contributed by atoms with van der Waals surface area (Å²) in [7, 11) is 0. The van der Waals surface area contributed by atoms with Crippen LogP contribution in [0.25, 0.3) is 0 Å². The maximum Gasteiger partial charge on any atom is 0.238 e. The smallest absolute Gasteiger partial charge is 0.238 e. The van der Waals surface area contributed by atoms with Crippen LogP contribution in [0.15, 0.2) is 42.5 Å². The number of amides is 1. The van der Waals surface area contributed by atoms with Crippen LogP contribution < -0.4 is 10.6 Å². The maximum atomic E-state index is 13.4. The molecule has 21 heavy (non-hydrogen) atoms. The summed E-state index contributed by atoms with van der Waals surface area (Å²) in [4.78, 5) is 11.9. The number of carbonyl (C=O) groups is 1. The first-order chi connectivity index (χ1) is 10.1. The SMILES string of the molecule is Cc1ccc(NC(=O)CNCc2ccccc2F)c(C)c1. The number of aryl methyl sites for hydroxylation is 2. The fourth-order valence-corrected chi connectivity index (χ4v) is 2.10. The molecule has 2 N–H and O–H groups in total. The Balaban J connectivity index is 1.84. The lowest BCUT2D eigenvalue weighted by Gasteiger charge is -2.10. The molecule has 4 heteroatoms. The van der Waals surface area contributed by atoms with Crippen LogP contribution in [0.5, 0.6) is 0 Å². The molecule has 0 spiro atoms. The van der Waals surface area contributed by atoms with Gasteiger partial charge in [0, 0.05) is 17.8 Å². The highest BCUT2D eigenvalue weighted by molar-refractivity contribution is 5.92. The van der Waals surface area contributed by atoms with E-state index >= 15 is 0 Å². The van der Waals surface area contributed by atoms with E-state index in [1.807, 2.05) is 32.0 Å². The van der Waals surface area contributed by atoms with E-state index in [0.29, 0.717) is 12.1 Å². The lowest BCUT2D eigenvalue weighted by Crippen LogP contribution is -2.28. The number of anilines is 1. The van der Waals surface area contributed by atoms with Crippen molar-refractivity contribution in [3.8, 4) is 0 Å². The van der Waals surface area contributed by atoms with Crippen molar-refractivity contribution in [2.75, 3.05) is 11.9 Å². The summed E-state index contributed by atoms with van der Waals surface area (Å²) < 4.78 is 13.4. The number of hydrogen-bond acceptors (Lipinski definition) is 2. The average molecular weight is 286 g/mol. The highest BCUT2D eigenvalue weighted by Gasteiger charge is 2.05. The molecule has 0 fully saturated rings. The van der Waals surface area contributed by atoms with Gasteiger partial charge in [0.05, 0.1) is 6.54 Å². The average Bonchev–Trinajstić information content (AvgIpc) is 2.44. The Hall–Kier alpha value is -2.20. The standard InChI is InChI=1S/C17H19FN2O/c1-12-7-8-16(13(2)9-12)20-17(21)11-19-10-14-5-3-4-6-15(14)18/h3-9,19H,10-11H2,1-2H3,(H,20,21). The van der Waals surface area contributed by atoms with Gasteiger partial charge >= 0.3 is 0 Å². The van der Waals surface area contributed by atoms with Crippen LogP contribution >= 0.6 is 0 Å². The number of carbonyl (C=O) groups excluding carboxylic acids is 1. The van der Waals surface area contributed by atoms with Crippen LogP contribution in [0.1, 0.15) is 16.7 Å². The van der Waals surface area contributed by atoms with E-state index in [1.165, 1.54) is 6.07 Å². The Morgan fingerprint density at radius 1 is 1.14 bits per heavy atom. The quantitative estimate of drug-likeness (QED) is 0.886. The van der Waals surface area contributed by atoms with E-state index in [0.717, 1.165) is 16.8 Å². The fourth-order valence-electron chi connectivity index (χ4n) is 2.10. The van der Waals surface area contributed by atoms with Crippen molar-refractivity contribution < 1.29 is 9.18 Å². The van der Waals surface area contributed by atoms with Crippen molar-refractivity contribution in [1.29, 1.82) is 0 Å². The normalized spacial score (nSPS) is 10.4. The third-order valence-electron chi connectivity index (χ3n) is 3.21. The van der Waals surface area contributed by atoms with Crippen LogP contribution in [0.2, 0.25) is 0 Å². The molecule has 2 rings (SSSR count). The monoisotopic (exact) mass is 286 g/mol. The molecule has 0 radical (unpaired) electrons. The summed E-state index contributed by atoms with van der Waals surface area (Å²) in [6, 6.07) is 12.4. The first kappa shape index (κ1) is 15.2. The molecule has 0 aliphatic heterocycles. The zero-order valence-electron chi connectivity index (χ0n) is 12.2. The van der Waals surface area contributed by atoms with Gasteiger partial charge in [-0.25, -0.2) is 4.39 Å². The van der Waals surface area contributed by atoms with Crippen LogP contribution in [0.4, 0.5) is 10.1 Å². The van der Waals surface area contributed by atoms with Crippen molar-refractivity contribution in [2.45, 2.75) is 20.4 Å². The predicted molar refractivity (Wildman–Crippen MR) is 82.7 cm³/mol. The van der Waals surface area contributed by atoms with Gasteiger partial charge in [0.25, 0.3) is 0 Å². The van der Waals surface area contributed by atoms with E-state index in [1.54, 1.807) is 18.2 Å². The molecular weight excluding hydrogens is 267 g/mol. The zero-order valence-corrected chi connectivity index (χ0v) is 12.2. The number of benzene rings is 2. The summed E-state index contributed by atoms with van der Waals surface area (Å²) >= 11 is 0. The van der Waals surface area contributed by atoms with Crippen LogP contribution in [-0.4, -0.2) is 12.5 Å². The van der Waals surface area contributed by atoms with Crippen LogP contribution in [0.3, 0.4) is 0 Å². The molecule has 0 saturated heterocycles. The van der Waals surface area contributed by atoms with Gasteiger partial charge in [0.1, 0.15) is 5.82 Å². The van der Waals surface area contributed by atoms with Crippen molar-refractivity contribution >= 4 is 11.6 Å². The van der Waals surface area contributed by atoms with Gasteiger partial charge in [-0.15, -0.1) is 0 Å². The first-order valence-electron chi connectivity index (χ1n) is 6.87.